The van der Waals surface area contributed by atoms with Crippen LogP contribution in [0.3, 0.4) is 0 Å². The SMILES string of the molecule is CCc1cc(OCC(C)C)c(F)c(C(Nc2ccc(C(=N)N)cc2)c2nn(-c3ccccc3C(=O)O)c(=O)[nH]2)c1. The highest BCUT2D eigenvalue weighted by Crippen LogP contribution is 2.33. The quantitative estimate of drug-likeness (QED) is 0.137. The third-order valence-corrected chi connectivity index (χ3v) is 6.20. The number of anilines is 1. The van der Waals surface area contributed by atoms with E-state index in [1.54, 1.807) is 48.5 Å². The van der Waals surface area contributed by atoms with Crippen LogP contribution in [0.2, 0.25) is 0 Å². The molecule has 3 aromatic carbocycles. The summed E-state index contributed by atoms with van der Waals surface area (Å²) in [6.45, 7) is 6.17. The van der Waals surface area contributed by atoms with Gasteiger partial charge in [-0.1, -0.05) is 39.0 Å². The molecule has 1 atom stereocenters. The molecule has 0 amide bonds. The lowest BCUT2D eigenvalue weighted by atomic mass is 10.00. The number of aromatic carboxylic acids is 1. The summed E-state index contributed by atoms with van der Waals surface area (Å²) in [6, 6.07) is 15.0. The normalized spacial score (nSPS) is 11.8. The number of carboxylic acids is 1. The maximum atomic E-state index is 16.0. The summed E-state index contributed by atoms with van der Waals surface area (Å²) in [5.41, 5.74) is 6.89. The average molecular weight is 547 g/mol. The first-order chi connectivity index (χ1) is 19.1. The van der Waals surface area contributed by atoms with Crippen LogP contribution in [0.5, 0.6) is 5.75 Å². The van der Waals surface area contributed by atoms with Crippen molar-refractivity contribution in [3.8, 4) is 11.4 Å². The minimum atomic E-state index is -1.22. The molecule has 0 aliphatic rings. The van der Waals surface area contributed by atoms with E-state index >= 15 is 4.39 Å². The van der Waals surface area contributed by atoms with Crippen molar-refractivity contribution in [3.05, 3.63) is 105 Å². The van der Waals surface area contributed by atoms with E-state index in [-0.39, 0.29) is 40.1 Å². The number of aromatic nitrogens is 3. The molecule has 4 aromatic rings. The third kappa shape index (κ3) is 6.04. The molecule has 1 unspecified atom stereocenters. The zero-order valence-electron chi connectivity index (χ0n) is 22.4. The Morgan fingerprint density at radius 2 is 1.90 bits per heavy atom. The van der Waals surface area contributed by atoms with E-state index in [1.165, 1.54) is 12.1 Å². The van der Waals surface area contributed by atoms with Crippen molar-refractivity contribution in [3.63, 3.8) is 0 Å². The molecule has 6 N–H and O–H groups in total. The minimum absolute atomic E-state index is 0.0581. The molecule has 1 heterocycles. The second-order valence-electron chi connectivity index (χ2n) is 9.67. The Morgan fingerprint density at radius 3 is 2.52 bits per heavy atom. The summed E-state index contributed by atoms with van der Waals surface area (Å²) >= 11 is 0. The Labute approximate surface area is 230 Å². The van der Waals surface area contributed by atoms with E-state index in [2.05, 4.69) is 15.4 Å². The molecule has 10 nitrogen and oxygen atoms in total. The molecule has 11 heteroatoms. The fourth-order valence-corrected chi connectivity index (χ4v) is 4.13. The van der Waals surface area contributed by atoms with Crippen LogP contribution in [0.1, 0.15) is 59.7 Å². The van der Waals surface area contributed by atoms with Crippen molar-refractivity contribution < 1.29 is 19.0 Å². The molecule has 1 aromatic heterocycles. The third-order valence-electron chi connectivity index (χ3n) is 6.20. The Kier molecular flexibility index (Phi) is 8.32. The second-order valence-corrected chi connectivity index (χ2v) is 9.67. The van der Waals surface area contributed by atoms with Crippen LogP contribution >= 0.6 is 0 Å². The van der Waals surface area contributed by atoms with E-state index < -0.39 is 23.5 Å². The van der Waals surface area contributed by atoms with Gasteiger partial charge in [0.05, 0.1) is 17.9 Å². The van der Waals surface area contributed by atoms with Gasteiger partial charge in [-0.25, -0.2) is 14.0 Å². The summed E-state index contributed by atoms with van der Waals surface area (Å²) in [5, 5.41) is 24.9. The van der Waals surface area contributed by atoms with Gasteiger partial charge in [-0.15, -0.1) is 5.10 Å². The van der Waals surface area contributed by atoms with Crippen LogP contribution in [0.15, 0.2) is 65.5 Å². The summed E-state index contributed by atoms with van der Waals surface area (Å²) in [6.07, 6.45) is 0.599. The predicted octanol–water partition coefficient (Wildman–Crippen LogP) is 4.48. The lowest BCUT2D eigenvalue weighted by Crippen LogP contribution is -2.18. The van der Waals surface area contributed by atoms with Crippen molar-refractivity contribution in [2.24, 2.45) is 11.7 Å². The number of hydrogen-bond donors (Lipinski definition) is 5. The molecule has 0 saturated carbocycles. The number of aryl methyl sites for hydroxylation is 1. The largest absolute Gasteiger partial charge is 0.490 e. The molecule has 208 valence electrons. The zero-order valence-corrected chi connectivity index (χ0v) is 22.4. The number of nitrogens with zero attached hydrogens (tertiary/aromatic N) is 2. The van der Waals surface area contributed by atoms with E-state index in [4.69, 9.17) is 15.9 Å². The number of rotatable bonds is 11. The number of aromatic amines is 1. The fourth-order valence-electron chi connectivity index (χ4n) is 4.13. The minimum Gasteiger partial charge on any atom is -0.490 e. The van der Waals surface area contributed by atoms with Crippen LogP contribution < -0.4 is 21.5 Å². The van der Waals surface area contributed by atoms with Crippen molar-refractivity contribution in [1.82, 2.24) is 14.8 Å². The van der Waals surface area contributed by atoms with Gasteiger partial charge in [-0.05, 0) is 60.4 Å². The van der Waals surface area contributed by atoms with Crippen molar-refractivity contribution in [1.29, 1.82) is 5.41 Å². The van der Waals surface area contributed by atoms with Crippen molar-refractivity contribution in [2.45, 2.75) is 33.2 Å². The second kappa shape index (κ2) is 11.9. The number of para-hydroxylation sites is 1. The topological polar surface area (TPSA) is 159 Å². The standard InChI is InChI=1S/C29H31FN6O4/c1-4-17-13-21(24(30)23(14-17)40-15-16(2)3)25(33-19-11-9-18(10-12-19)26(31)32)27-34-29(39)36(35-27)22-8-6-5-7-20(22)28(37)38/h5-14,16,25,33H,4,15H2,1-3H3,(H3,31,32)(H,37,38)(H,34,35,39). The lowest BCUT2D eigenvalue weighted by Gasteiger charge is -2.21. The van der Waals surface area contributed by atoms with Gasteiger partial charge in [-0.2, -0.15) is 4.68 Å². The zero-order chi connectivity index (χ0) is 29.0. The molecular formula is C29H31FN6O4. The van der Waals surface area contributed by atoms with Gasteiger partial charge in [0.25, 0.3) is 0 Å². The lowest BCUT2D eigenvalue weighted by molar-refractivity contribution is 0.0696. The Balaban J connectivity index is 1.87. The number of halogens is 1. The summed E-state index contributed by atoms with van der Waals surface area (Å²) in [7, 11) is 0. The molecule has 0 aliphatic carbocycles. The number of nitrogens with two attached hydrogens (primary N) is 1. The highest BCUT2D eigenvalue weighted by Gasteiger charge is 2.27. The Bertz CT molecular complexity index is 1590. The first kappa shape index (κ1) is 28.1. The molecule has 0 bridgehead atoms. The molecule has 0 saturated heterocycles. The van der Waals surface area contributed by atoms with Gasteiger partial charge < -0.3 is 20.9 Å². The number of benzene rings is 3. The smallest absolute Gasteiger partial charge is 0.348 e. The Hall–Kier alpha value is -4.93. The average Bonchev–Trinajstić information content (AvgIpc) is 3.32. The van der Waals surface area contributed by atoms with Crippen molar-refractivity contribution in [2.75, 3.05) is 11.9 Å². The van der Waals surface area contributed by atoms with Crippen LogP contribution in [0, 0.1) is 17.1 Å². The van der Waals surface area contributed by atoms with E-state index in [0.29, 0.717) is 24.3 Å². The van der Waals surface area contributed by atoms with Crippen LogP contribution in [-0.4, -0.2) is 38.3 Å². The maximum Gasteiger partial charge on any atom is 0.348 e. The van der Waals surface area contributed by atoms with Crippen LogP contribution in [0.4, 0.5) is 10.1 Å². The number of carbonyl (C=O) groups is 1. The number of nitrogen functional groups attached to an aromatic ring is 1. The van der Waals surface area contributed by atoms with Gasteiger partial charge in [-0.3, -0.25) is 10.4 Å². The molecule has 0 spiro atoms. The van der Waals surface area contributed by atoms with Crippen LogP contribution in [-0.2, 0) is 6.42 Å². The monoisotopic (exact) mass is 546 g/mol. The molecule has 40 heavy (non-hydrogen) atoms. The fraction of sp³-hybridized carbons (Fsp3) is 0.241. The molecule has 0 aliphatic heterocycles. The molecule has 0 radical (unpaired) electrons. The molecule has 0 fully saturated rings. The molecular weight excluding hydrogens is 515 g/mol. The summed E-state index contributed by atoms with van der Waals surface area (Å²) in [4.78, 5) is 27.5. The highest BCUT2D eigenvalue weighted by molar-refractivity contribution is 5.95. The van der Waals surface area contributed by atoms with Gasteiger partial charge >= 0.3 is 11.7 Å². The van der Waals surface area contributed by atoms with Gasteiger partial charge in [0.2, 0.25) is 0 Å². The molecule has 4 rings (SSSR count). The number of carboxylic acid groups (broad SMARTS) is 1. The van der Waals surface area contributed by atoms with Gasteiger partial charge in [0.1, 0.15) is 11.9 Å². The number of nitrogens with one attached hydrogen (secondary N) is 3. The summed E-state index contributed by atoms with van der Waals surface area (Å²) in [5.74, 6) is -1.62. The van der Waals surface area contributed by atoms with E-state index in [9.17, 15) is 14.7 Å². The number of hydrogen-bond acceptors (Lipinski definition) is 6. The first-order valence-corrected chi connectivity index (χ1v) is 12.8. The van der Waals surface area contributed by atoms with Crippen molar-refractivity contribution >= 4 is 17.5 Å². The maximum absolute atomic E-state index is 16.0. The first-order valence-electron chi connectivity index (χ1n) is 12.8. The van der Waals surface area contributed by atoms with Crippen LogP contribution in [0.25, 0.3) is 5.69 Å². The Morgan fingerprint density at radius 1 is 1.20 bits per heavy atom. The highest BCUT2D eigenvalue weighted by atomic mass is 19.1. The van der Waals surface area contributed by atoms with Gasteiger partial charge in [0.15, 0.2) is 17.4 Å². The van der Waals surface area contributed by atoms with Gasteiger partial charge in [0, 0.05) is 16.8 Å². The van der Waals surface area contributed by atoms with E-state index in [0.717, 1.165) is 10.2 Å². The summed E-state index contributed by atoms with van der Waals surface area (Å²) < 4.78 is 22.8. The number of H-pyrrole nitrogens is 1. The number of ether oxygens (including phenoxy) is 1. The number of amidine groups is 1. The predicted molar refractivity (Wildman–Crippen MR) is 150 cm³/mol. The van der Waals surface area contributed by atoms with E-state index in [1.807, 2.05) is 20.8 Å².